The first kappa shape index (κ1) is 7.79. The Kier molecular flexibility index (Phi) is 6.61. The predicted molar refractivity (Wildman–Crippen MR) is 35.2 cm³/mol. The summed E-state index contributed by atoms with van der Waals surface area (Å²) in [6.45, 7) is 0. The van der Waals surface area contributed by atoms with Gasteiger partial charge in [0, 0.05) is 12.4 Å². The van der Waals surface area contributed by atoms with Crippen LogP contribution in [0.1, 0.15) is 0 Å². The van der Waals surface area contributed by atoms with Crippen molar-refractivity contribution < 1.29 is 0 Å². The number of alkyl halides is 2. The van der Waals surface area contributed by atoms with Crippen LogP contribution < -0.4 is 0 Å². The molecule has 0 fully saturated rings. The molecule has 1 aromatic heterocycles. The molecule has 0 amide bonds. The second-order valence-corrected chi connectivity index (χ2v) is 1.67. The first-order chi connectivity index (χ1) is 3.91. The van der Waals surface area contributed by atoms with Crippen molar-refractivity contribution in [1.82, 2.24) is 9.97 Å². The summed E-state index contributed by atoms with van der Waals surface area (Å²) in [5, 5.41) is 0.194. The van der Waals surface area contributed by atoms with Crippen LogP contribution in [0.25, 0.3) is 0 Å². The zero-order valence-electron chi connectivity index (χ0n) is 4.14. The summed E-state index contributed by atoms with van der Waals surface area (Å²) >= 11 is 9.53. The van der Waals surface area contributed by atoms with E-state index >= 15 is 0 Å². The molecule has 0 aliphatic rings. The van der Waals surface area contributed by atoms with Gasteiger partial charge in [0.2, 0.25) is 0 Å². The summed E-state index contributed by atoms with van der Waals surface area (Å²) < 4.78 is 0. The number of hydrogen-bond acceptors (Lipinski definition) is 1. The van der Waals surface area contributed by atoms with E-state index in [9.17, 15) is 0 Å². The fourth-order valence-electron chi connectivity index (χ4n) is 0.215. The van der Waals surface area contributed by atoms with Crippen LogP contribution in [0.5, 0.6) is 0 Å². The third-order valence-electron chi connectivity index (χ3n) is 0.406. The van der Waals surface area contributed by atoms with Crippen LogP contribution in [-0.2, 0) is 0 Å². The molecule has 4 heteroatoms. The molecule has 0 radical (unpaired) electrons. The molecule has 0 aliphatic carbocycles. The van der Waals surface area contributed by atoms with Crippen LogP contribution in [0.2, 0.25) is 0 Å². The van der Waals surface area contributed by atoms with Gasteiger partial charge in [-0.3, -0.25) is 0 Å². The molecule has 8 heavy (non-hydrogen) atoms. The van der Waals surface area contributed by atoms with Gasteiger partial charge in [-0.25, -0.2) is 4.98 Å². The first-order valence-electron chi connectivity index (χ1n) is 1.96. The number of aromatic amines is 1. The molecular formula is C4H6Cl2N2. The van der Waals surface area contributed by atoms with E-state index < -0.39 is 0 Å². The van der Waals surface area contributed by atoms with Crippen molar-refractivity contribution in [1.29, 1.82) is 0 Å². The van der Waals surface area contributed by atoms with Gasteiger partial charge in [0.05, 0.1) is 11.7 Å². The summed E-state index contributed by atoms with van der Waals surface area (Å²) in [4.78, 5) is 6.42. The number of nitrogens with one attached hydrogen (secondary N) is 1. The molecule has 1 heterocycles. The normalized spacial score (nSPS) is 7.25. The molecular weight excluding hydrogens is 147 g/mol. The van der Waals surface area contributed by atoms with Crippen molar-refractivity contribution >= 4 is 23.2 Å². The molecule has 0 saturated heterocycles. The zero-order valence-corrected chi connectivity index (χ0v) is 5.65. The fourth-order valence-corrected chi connectivity index (χ4v) is 0.215. The third-order valence-corrected chi connectivity index (χ3v) is 0.406. The quantitative estimate of drug-likeness (QED) is 0.566. The first-order valence-corrected chi connectivity index (χ1v) is 3.03. The number of hydrogen-bond donors (Lipinski definition) is 1. The lowest BCUT2D eigenvalue weighted by Crippen LogP contribution is -1.44. The molecule has 1 aromatic rings. The Bertz CT molecular complexity index is 78.9. The van der Waals surface area contributed by atoms with Crippen molar-refractivity contribution in [3.63, 3.8) is 0 Å². The Balaban J connectivity index is 0.000000145. The molecule has 0 unspecified atom stereocenters. The van der Waals surface area contributed by atoms with Crippen molar-refractivity contribution in [2.75, 3.05) is 5.34 Å². The Morgan fingerprint density at radius 1 is 1.50 bits per heavy atom. The standard InChI is InChI=1S/C3H4N2.CH2Cl2/c1-2-5-3-4-1;2-1-3/h1-3H,(H,4,5);1H2. The van der Waals surface area contributed by atoms with Crippen molar-refractivity contribution in [3.05, 3.63) is 18.7 Å². The minimum absolute atomic E-state index is 0.194. The van der Waals surface area contributed by atoms with Crippen molar-refractivity contribution in [2.45, 2.75) is 0 Å². The van der Waals surface area contributed by atoms with Crippen molar-refractivity contribution in [3.8, 4) is 0 Å². The van der Waals surface area contributed by atoms with Crippen LogP contribution in [-0.4, -0.2) is 15.3 Å². The summed E-state index contributed by atoms with van der Waals surface area (Å²) in [6, 6.07) is 0. The van der Waals surface area contributed by atoms with E-state index in [1.807, 2.05) is 0 Å². The lowest BCUT2D eigenvalue weighted by molar-refractivity contribution is 1.31. The maximum atomic E-state index is 4.76. The molecule has 0 spiro atoms. The smallest absolute Gasteiger partial charge is 0.0967 e. The third kappa shape index (κ3) is 5.79. The lowest BCUT2D eigenvalue weighted by Gasteiger charge is -1.46. The lowest BCUT2D eigenvalue weighted by atomic mass is 11.0. The predicted octanol–water partition coefficient (Wildman–Crippen LogP) is 1.83. The molecule has 0 atom stereocenters. The Morgan fingerprint density at radius 2 is 2.12 bits per heavy atom. The highest BCUT2D eigenvalue weighted by molar-refractivity contribution is 6.40. The van der Waals surface area contributed by atoms with E-state index in [0.29, 0.717) is 0 Å². The number of halogens is 2. The second-order valence-electron chi connectivity index (χ2n) is 0.862. The average molecular weight is 153 g/mol. The van der Waals surface area contributed by atoms with Gasteiger partial charge in [0.15, 0.2) is 0 Å². The van der Waals surface area contributed by atoms with Gasteiger partial charge < -0.3 is 4.98 Å². The summed E-state index contributed by atoms with van der Waals surface area (Å²) in [5.74, 6) is 0. The Hall–Kier alpha value is -0.210. The number of nitrogens with zero attached hydrogens (tertiary/aromatic N) is 1. The van der Waals surface area contributed by atoms with Crippen LogP contribution in [0.15, 0.2) is 18.7 Å². The molecule has 2 nitrogen and oxygen atoms in total. The molecule has 0 aliphatic heterocycles. The highest BCUT2D eigenvalue weighted by Gasteiger charge is 1.56. The Morgan fingerprint density at radius 3 is 2.25 bits per heavy atom. The fraction of sp³-hybridized carbons (Fsp3) is 0.250. The molecule has 0 bridgehead atoms. The van der Waals surface area contributed by atoms with Crippen molar-refractivity contribution in [2.24, 2.45) is 0 Å². The van der Waals surface area contributed by atoms with Gasteiger partial charge >= 0.3 is 0 Å². The van der Waals surface area contributed by atoms with Crippen LogP contribution in [0.4, 0.5) is 0 Å². The van der Waals surface area contributed by atoms with Gasteiger partial charge in [-0.15, -0.1) is 23.2 Å². The minimum atomic E-state index is 0.194. The van der Waals surface area contributed by atoms with E-state index in [4.69, 9.17) is 23.2 Å². The average Bonchev–Trinajstić information content (AvgIpc) is 2.17. The zero-order chi connectivity index (χ0) is 6.24. The maximum Gasteiger partial charge on any atom is 0.0967 e. The SMILES string of the molecule is ClCCl.c1c[nH]cn1. The summed E-state index contributed by atoms with van der Waals surface area (Å²) in [6.07, 6.45) is 5.08. The van der Waals surface area contributed by atoms with E-state index in [0.717, 1.165) is 0 Å². The maximum absolute atomic E-state index is 4.76. The highest BCUT2D eigenvalue weighted by atomic mass is 35.5. The molecule has 0 aromatic carbocycles. The molecule has 46 valence electrons. The highest BCUT2D eigenvalue weighted by Crippen LogP contribution is 1.73. The monoisotopic (exact) mass is 152 g/mol. The molecule has 1 N–H and O–H groups in total. The molecule has 1 rings (SSSR count). The van der Waals surface area contributed by atoms with Gasteiger partial charge in [-0.2, -0.15) is 0 Å². The largest absolute Gasteiger partial charge is 0.351 e. The van der Waals surface area contributed by atoms with Crippen LogP contribution in [0, 0.1) is 0 Å². The van der Waals surface area contributed by atoms with Gasteiger partial charge in [0.1, 0.15) is 0 Å². The number of H-pyrrole nitrogens is 1. The minimum Gasteiger partial charge on any atom is -0.351 e. The van der Waals surface area contributed by atoms with E-state index in [2.05, 4.69) is 9.97 Å². The van der Waals surface area contributed by atoms with Crippen LogP contribution in [0.3, 0.4) is 0 Å². The second kappa shape index (κ2) is 6.79. The van der Waals surface area contributed by atoms with Crippen LogP contribution >= 0.6 is 23.2 Å². The van der Waals surface area contributed by atoms with Gasteiger partial charge in [0.25, 0.3) is 0 Å². The summed E-state index contributed by atoms with van der Waals surface area (Å²) in [5.41, 5.74) is 0. The Labute approximate surface area is 57.8 Å². The van der Waals surface area contributed by atoms with Gasteiger partial charge in [-0.1, -0.05) is 0 Å². The van der Waals surface area contributed by atoms with E-state index in [-0.39, 0.29) is 5.34 Å². The number of rotatable bonds is 0. The molecule has 0 saturated carbocycles. The van der Waals surface area contributed by atoms with Gasteiger partial charge in [-0.05, 0) is 0 Å². The van der Waals surface area contributed by atoms with E-state index in [1.165, 1.54) is 0 Å². The summed E-state index contributed by atoms with van der Waals surface area (Å²) in [7, 11) is 0. The number of imidazole rings is 1. The topological polar surface area (TPSA) is 28.7 Å². The van der Waals surface area contributed by atoms with E-state index in [1.54, 1.807) is 18.7 Å². The number of aromatic nitrogens is 2.